The highest BCUT2D eigenvalue weighted by atomic mass is 32.2. The van der Waals surface area contributed by atoms with E-state index in [-0.39, 0.29) is 0 Å². The fourth-order valence-electron chi connectivity index (χ4n) is 2.57. The van der Waals surface area contributed by atoms with E-state index in [0.717, 1.165) is 23.5 Å². The second-order valence-corrected chi connectivity index (χ2v) is 8.59. The summed E-state index contributed by atoms with van der Waals surface area (Å²) in [6.45, 7) is 8.60. The van der Waals surface area contributed by atoms with E-state index in [0.29, 0.717) is 17.8 Å². The standard InChI is InChI=1S/C15H25N3O2S/c1-9(8-16-13-6-7-13)14-10(2)17-15(18-11(14)3)12(4)21(5,19)20/h9,12-13,16H,6-8H2,1-5H3. The minimum atomic E-state index is -3.17. The molecule has 1 saturated carbocycles. The lowest BCUT2D eigenvalue weighted by molar-refractivity contribution is 0.585. The molecule has 2 unspecified atom stereocenters. The van der Waals surface area contributed by atoms with Crippen LogP contribution in [-0.4, -0.2) is 37.2 Å². The van der Waals surface area contributed by atoms with E-state index < -0.39 is 15.1 Å². The molecule has 0 spiro atoms. The molecule has 0 aliphatic heterocycles. The Balaban J connectivity index is 2.23. The molecular weight excluding hydrogens is 286 g/mol. The number of hydrogen-bond acceptors (Lipinski definition) is 5. The van der Waals surface area contributed by atoms with Gasteiger partial charge in [0.15, 0.2) is 9.84 Å². The number of nitrogens with one attached hydrogen (secondary N) is 1. The number of aromatic nitrogens is 2. The second kappa shape index (κ2) is 6.01. The maximum atomic E-state index is 11.7. The molecule has 1 aliphatic rings. The van der Waals surface area contributed by atoms with Gasteiger partial charge >= 0.3 is 0 Å². The lowest BCUT2D eigenvalue weighted by Gasteiger charge is -2.19. The molecule has 1 fully saturated rings. The van der Waals surface area contributed by atoms with E-state index in [9.17, 15) is 8.42 Å². The number of hydrogen-bond donors (Lipinski definition) is 1. The predicted molar refractivity (Wildman–Crippen MR) is 84.2 cm³/mol. The number of rotatable bonds is 6. The number of aryl methyl sites for hydroxylation is 2. The van der Waals surface area contributed by atoms with Crippen molar-refractivity contribution >= 4 is 9.84 Å². The third-order valence-electron chi connectivity index (χ3n) is 4.13. The Bertz CT molecular complexity index is 601. The maximum Gasteiger partial charge on any atom is 0.157 e. The summed E-state index contributed by atoms with van der Waals surface area (Å²) in [7, 11) is -3.17. The first-order valence-electron chi connectivity index (χ1n) is 7.47. The van der Waals surface area contributed by atoms with Crippen LogP contribution >= 0.6 is 0 Å². The van der Waals surface area contributed by atoms with E-state index in [1.807, 2.05) is 13.8 Å². The first kappa shape index (κ1) is 16.4. The fourth-order valence-corrected chi connectivity index (χ4v) is 3.06. The van der Waals surface area contributed by atoms with Gasteiger partial charge in [-0.15, -0.1) is 0 Å². The Hall–Kier alpha value is -1.01. The largest absolute Gasteiger partial charge is 0.313 e. The SMILES string of the molecule is Cc1nc(C(C)S(C)(=O)=O)nc(C)c1C(C)CNC1CC1. The average molecular weight is 311 g/mol. The van der Waals surface area contributed by atoms with Gasteiger partial charge in [-0.25, -0.2) is 18.4 Å². The first-order valence-corrected chi connectivity index (χ1v) is 9.43. The Morgan fingerprint density at radius 2 is 1.71 bits per heavy atom. The molecule has 5 nitrogen and oxygen atoms in total. The number of sulfone groups is 1. The quantitative estimate of drug-likeness (QED) is 0.870. The van der Waals surface area contributed by atoms with E-state index in [2.05, 4.69) is 22.2 Å². The van der Waals surface area contributed by atoms with Crippen molar-refractivity contribution in [2.75, 3.05) is 12.8 Å². The van der Waals surface area contributed by atoms with Crippen molar-refractivity contribution < 1.29 is 8.42 Å². The maximum absolute atomic E-state index is 11.7. The third-order valence-corrected chi connectivity index (χ3v) is 5.63. The van der Waals surface area contributed by atoms with Gasteiger partial charge in [-0.1, -0.05) is 6.92 Å². The van der Waals surface area contributed by atoms with E-state index in [4.69, 9.17) is 0 Å². The van der Waals surface area contributed by atoms with Crippen molar-refractivity contribution in [2.24, 2.45) is 0 Å². The summed E-state index contributed by atoms with van der Waals surface area (Å²) in [5.74, 6) is 0.729. The monoisotopic (exact) mass is 311 g/mol. The van der Waals surface area contributed by atoms with Crippen molar-refractivity contribution in [3.63, 3.8) is 0 Å². The molecule has 21 heavy (non-hydrogen) atoms. The van der Waals surface area contributed by atoms with Crippen LogP contribution in [0.15, 0.2) is 0 Å². The van der Waals surface area contributed by atoms with Gasteiger partial charge < -0.3 is 5.32 Å². The zero-order valence-electron chi connectivity index (χ0n) is 13.5. The van der Waals surface area contributed by atoms with Crippen molar-refractivity contribution in [3.05, 3.63) is 22.8 Å². The van der Waals surface area contributed by atoms with Crippen LogP contribution in [0.2, 0.25) is 0 Å². The van der Waals surface area contributed by atoms with Crippen LogP contribution in [0, 0.1) is 13.8 Å². The molecule has 1 aliphatic carbocycles. The zero-order chi connectivity index (χ0) is 15.8. The molecule has 0 radical (unpaired) electrons. The van der Waals surface area contributed by atoms with Crippen LogP contribution in [-0.2, 0) is 9.84 Å². The summed E-state index contributed by atoms with van der Waals surface area (Å²) < 4.78 is 23.3. The summed E-state index contributed by atoms with van der Waals surface area (Å²) in [6.07, 6.45) is 3.76. The Morgan fingerprint density at radius 3 is 2.14 bits per heavy atom. The third kappa shape index (κ3) is 4.01. The van der Waals surface area contributed by atoms with Crippen LogP contribution in [0.3, 0.4) is 0 Å². The Kier molecular flexibility index (Phi) is 4.68. The van der Waals surface area contributed by atoms with Gasteiger partial charge in [0.05, 0.1) is 0 Å². The van der Waals surface area contributed by atoms with Crippen molar-refractivity contribution in [1.82, 2.24) is 15.3 Å². The van der Waals surface area contributed by atoms with E-state index >= 15 is 0 Å². The summed E-state index contributed by atoms with van der Waals surface area (Å²) in [6, 6.07) is 0.679. The number of nitrogens with zero attached hydrogens (tertiary/aromatic N) is 2. The molecule has 6 heteroatoms. The predicted octanol–water partition coefficient (Wildman–Crippen LogP) is 2.05. The van der Waals surface area contributed by atoms with Gasteiger partial charge in [0, 0.05) is 30.2 Å². The van der Waals surface area contributed by atoms with Crippen molar-refractivity contribution in [2.45, 2.75) is 57.7 Å². The molecule has 2 rings (SSSR count). The lowest BCUT2D eigenvalue weighted by atomic mass is 9.98. The first-order chi connectivity index (χ1) is 9.70. The minimum Gasteiger partial charge on any atom is -0.313 e. The highest BCUT2D eigenvalue weighted by molar-refractivity contribution is 7.90. The second-order valence-electron chi connectivity index (χ2n) is 6.22. The van der Waals surface area contributed by atoms with Crippen LogP contribution in [0.1, 0.15) is 60.6 Å². The van der Waals surface area contributed by atoms with Gasteiger partial charge in [-0.3, -0.25) is 0 Å². The van der Waals surface area contributed by atoms with Gasteiger partial charge in [-0.05, 0) is 45.1 Å². The highest BCUT2D eigenvalue weighted by Crippen LogP contribution is 2.26. The van der Waals surface area contributed by atoms with Crippen LogP contribution in [0.5, 0.6) is 0 Å². The van der Waals surface area contributed by atoms with Crippen molar-refractivity contribution in [1.29, 1.82) is 0 Å². The normalized spacial score (nSPS) is 18.5. The van der Waals surface area contributed by atoms with Crippen LogP contribution in [0.4, 0.5) is 0 Å². The minimum absolute atomic E-state index is 0.327. The summed E-state index contributed by atoms with van der Waals surface area (Å²) >= 11 is 0. The average Bonchev–Trinajstić information content (AvgIpc) is 3.17. The molecule has 2 atom stereocenters. The van der Waals surface area contributed by atoms with Gasteiger partial charge in [0.25, 0.3) is 0 Å². The Morgan fingerprint density at radius 1 is 1.19 bits per heavy atom. The molecule has 1 N–H and O–H groups in total. The fraction of sp³-hybridized carbons (Fsp3) is 0.733. The molecular formula is C15H25N3O2S. The van der Waals surface area contributed by atoms with Crippen LogP contribution in [0.25, 0.3) is 0 Å². The smallest absolute Gasteiger partial charge is 0.157 e. The van der Waals surface area contributed by atoms with Crippen LogP contribution < -0.4 is 5.32 Å². The molecule has 0 amide bonds. The van der Waals surface area contributed by atoms with Gasteiger partial charge in [-0.2, -0.15) is 0 Å². The molecule has 1 heterocycles. The summed E-state index contributed by atoms with van der Waals surface area (Å²) in [5, 5.41) is 2.86. The highest BCUT2D eigenvalue weighted by Gasteiger charge is 2.25. The zero-order valence-corrected chi connectivity index (χ0v) is 14.3. The molecule has 1 aromatic rings. The lowest BCUT2D eigenvalue weighted by Crippen LogP contribution is -2.24. The summed E-state index contributed by atoms with van der Waals surface area (Å²) in [4.78, 5) is 8.89. The van der Waals surface area contributed by atoms with Gasteiger partial charge in [0.1, 0.15) is 11.1 Å². The molecule has 1 aromatic heterocycles. The topological polar surface area (TPSA) is 72.0 Å². The van der Waals surface area contributed by atoms with Crippen molar-refractivity contribution in [3.8, 4) is 0 Å². The molecule has 0 bridgehead atoms. The van der Waals surface area contributed by atoms with E-state index in [1.165, 1.54) is 19.1 Å². The van der Waals surface area contributed by atoms with E-state index in [1.54, 1.807) is 6.92 Å². The Labute approximate surface area is 127 Å². The molecule has 0 aromatic carbocycles. The molecule has 0 saturated heterocycles. The summed E-state index contributed by atoms with van der Waals surface area (Å²) in [5.41, 5.74) is 2.91. The van der Waals surface area contributed by atoms with Gasteiger partial charge in [0.2, 0.25) is 0 Å². The molecule has 118 valence electrons.